The number of nitrogen functional groups attached to an aromatic ring is 1. The SMILES string of the molecule is CCOCCN(C)Cc1cccc(N)c1. The number of nitrogens with zero attached hydrogens (tertiary/aromatic N) is 1. The van der Waals surface area contributed by atoms with Crippen molar-refractivity contribution in [3.63, 3.8) is 0 Å². The van der Waals surface area contributed by atoms with Gasteiger partial charge in [0.25, 0.3) is 0 Å². The third kappa shape index (κ3) is 4.81. The Morgan fingerprint density at radius 2 is 2.20 bits per heavy atom. The highest BCUT2D eigenvalue weighted by Gasteiger charge is 2.00. The minimum absolute atomic E-state index is 0.784. The molecule has 1 aromatic carbocycles. The zero-order valence-corrected chi connectivity index (χ0v) is 9.57. The summed E-state index contributed by atoms with van der Waals surface area (Å²) >= 11 is 0. The molecule has 0 aliphatic rings. The number of benzene rings is 1. The van der Waals surface area contributed by atoms with Crippen LogP contribution in [0.3, 0.4) is 0 Å². The van der Waals surface area contributed by atoms with Gasteiger partial charge >= 0.3 is 0 Å². The Hall–Kier alpha value is -1.06. The quantitative estimate of drug-likeness (QED) is 0.571. The third-order valence-corrected chi connectivity index (χ3v) is 2.22. The third-order valence-electron chi connectivity index (χ3n) is 2.22. The van der Waals surface area contributed by atoms with E-state index in [4.69, 9.17) is 10.5 Å². The summed E-state index contributed by atoms with van der Waals surface area (Å²) in [6.45, 7) is 5.44. The van der Waals surface area contributed by atoms with Crippen LogP contribution in [-0.4, -0.2) is 31.7 Å². The smallest absolute Gasteiger partial charge is 0.0593 e. The van der Waals surface area contributed by atoms with E-state index in [-0.39, 0.29) is 0 Å². The monoisotopic (exact) mass is 208 g/mol. The molecule has 0 fully saturated rings. The molecule has 0 atom stereocenters. The van der Waals surface area contributed by atoms with E-state index in [0.717, 1.165) is 32.0 Å². The maximum atomic E-state index is 5.71. The molecule has 0 radical (unpaired) electrons. The molecule has 3 heteroatoms. The zero-order valence-electron chi connectivity index (χ0n) is 9.57. The topological polar surface area (TPSA) is 38.5 Å². The number of nitrogens with two attached hydrogens (primary N) is 1. The summed E-state index contributed by atoms with van der Waals surface area (Å²) in [7, 11) is 2.09. The first-order valence-corrected chi connectivity index (χ1v) is 5.33. The molecule has 0 saturated heterocycles. The van der Waals surface area contributed by atoms with Crippen LogP contribution >= 0.6 is 0 Å². The van der Waals surface area contributed by atoms with Crippen LogP contribution in [0.15, 0.2) is 24.3 Å². The van der Waals surface area contributed by atoms with Gasteiger partial charge in [-0.15, -0.1) is 0 Å². The lowest BCUT2D eigenvalue weighted by molar-refractivity contribution is 0.120. The van der Waals surface area contributed by atoms with Gasteiger partial charge in [-0.2, -0.15) is 0 Å². The largest absolute Gasteiger partial charge is 0.399 e. The molecule has 2 N–H and O–H groups in total. The van der Waals surface area contributed by atoms with Crippen LogP contribution < -0.4 is 5.73 Å². The molecule has 0 aliphatic heterocycles. The predicted octanol–water partition coefficient (Wildman–Crippen LogP) is 1.74. The normalized spacial score (nSPS) is 10.9. The second-order valence-corrected chi connectivity index (χ2v) is 3.68. The highest BCUT2D eigenvalue weighted by Crippen LogP contribution is 2.08. The predicted molar refractivity (Wildman–Crippen MR) is 63.7 cm³/mol. The first kappa shape index (κ1) is 12.0. The molecule has 15 heavy (non-hydrogen) atoms. The summed E-state index contributed by atoms with van der Waals surface area (Å²) in [6, 6.07) is 8.00. The Kier molecular flexibility index (Phi) is 5.15. The minimum Gasteiger partial charge on any atom is -0.399 e. The van der Waals surface area contributed by atoms with Crippen LogP contribution in [0.5, 0.6) is 0 Å². The average Bonchev–Trinajstić information content (AvgIpc) is 2.18. The molecule has 1 rings (SSSR count). The van der Waals surface area contributed by atoms with Gasteiger partial charge in [0.05, 0.1) is 6.61 Å². The molecule has 0 aromatic heterocycles. The van der Waals surface area contributed by atoms with E-state index < -0.39 is 0 Å². The Bertz CT molecular complexity index is 289. The van der Waals surface area contributed by atoms with E-state index in [1.165, 1.54) is 5.56 Å². The fourth-order valence-electron chi connectivity index (χ4n) is 1.45. The van der Waals surface area contributed by atoms with Gasteiger partial charge in [-0.25, -0.2) is 0 Å². The van der Waals surface area contributed by atoms with Crippen molar-refractivity contribution in [3.8, 4) is 0 Å². The van der Waals surface area contributed by atoms with E-state index in [1.54, 1.807) is 0 Å². The summed E-state index contributed by atoms with van der Waals surface area (Å²) in [5.74, 6) is 0. The summed E-state index contributed by atoms with van der Waals surface area (Å²) in [4.78, 5) is 2.23. The van der Waals surface area contributed by atoms with Gasteiger partial charge < -0.3 is 10.5 Å². The summed E-state index contributed by atoms with van der Waals surface area (Å²) in [6.07, 6.45) is 0. The van der Waals surface area contributed by atoms with Gasteiger partial charge in [0, 0.05) is 25.4 Å². The van der Waals surface area contributed by atoms with Crippen molar-refractivity contribution in [2.75, 3.05) is 32.5 Å². The first-order valence-electron chi connectivity index (χ1n) is 5.33. The first-order chi connectivity index (χ1) is 7.22. The second-order valence-electron chi connectivity index (χ2n) is 3.68. The van der Waals surface area contributed by atoms with Crippen molar-refractivity contribution < 1.29 is 4.74 Å². The van der Waals surface area contributed by atoms with Crippen molar-refractivity contribution in [3.05, 3.63) is 29.8 Å². The van der Waals surface area contributed by atoms with E-state index in [2.05, 4.69) is 18.0 Å². The number of anilines is 1. The average molecular weight is 208 g/mol. The van der Waals surface area contributed by atoms with E-state index in [9.17, 15) is 0 Å². The number of ether oxygens (including phenoxy) is 1. The maximum Gasteiger partial charge on any atom is 0.0593 e. The summed E-state index contributed by atoms with van der Waals surface area (Å²) in [5.41, 5.74) is 7.78. The van der Waals surface area contributed by atoms with Crippen LogP contribution in [0.4, 0.5) is 5.69 Å². The maximum absolute atomic E-state index is 5.71. The second kappa shape index (κ2) is 6.43. The Labute approximate surface area is 91.8 Å². The molecule has 0 saturated carbocycles. The number of rotatable bonds is 6. The van der Waals surface area contributed by atoms with Crippen LogP contribution in [0, 0.1) is 0 Å². The lowest BCUT2D eigenvalue weighted by Gasteiger charge is -2.16. The molecular weight excluding hydrogens is 188 g/mol. The van der Waals surface area contributed by atoms with E-state index >= 15 is 0 Å². The van der Waals surface area contributed by atoms with Gasteiger partial charge in [-0.05, 0) is 31.7 Å². The van der Waals surface area contributed by atoms with Gasteiger partial charge in [-0.3, -0.25) is 4.90 Å². The molecule has 3 nitrogen and oxygen atoms in total. The number of hydrogen-bond donors (Lipinski definition) is 1. The molecule has 0 spiro atoms. The summed E-state index contributed by atoms with van der Waals surface area (Å²) < 4.78 is 5.30. The lowest BCUT2D eigenvalue weighted by Crippen LogP contribution is -2.22. The van der Waals surface area contributed by atoms with Gasteiger partial charge in [-0.1, -0.05) is 12.1 Å². The number of hydrogen-bond acceptors (Lipinski definition) is 3. The molecule has 1 aromatic rings. The summed E-state index contributed by atoms with van der Waals surface area (Å²) in [5, 5.41) is 0. The molecule has 0 aliphatic carbocycles. The van der Waals surface area contributed by atoms with Gasteiger partial charge in [0.15, 0.2) is 0 Å². The van der Waals surface area contributed by atoms with E-state index in [1.807, 2.05) is 25.1 Å². The Balaban J connectivity index is 2.34. The zero-order chi connectivity index (χ0) is 11.1. The van der Waals surface area contributed by atoms with Crippen molar-refractivity contribution in [2.45, 2.75) is 13.5 Å². The lowest BCUT2D eigenvalue weighted by atomic mass is 10.2. The van der Waals surface area contributed by atoms with Crippen LogP contribution in [0.1, 0.15) is 12.5 Å². The molecule has 0 unspecified atom stereocenters. The molecule has 0 heterocycles. The van der Waals surface area contributed by atoms with Crippen LogP contribution in [-0.2, 0) is 11.3 Å². The van der Waals surface area contributed by atoms with Gasteiger partial charge in [0.2, 0.25) is 0 Å². The van der Waals surface area contributed by atoms with Crippen molar-refractivity contribution in [1.29, 1.82) is 0 Å². The van der Waals surface area contributed by atoms with Crippen molar-refractivity contribution in [2.24, 2.45) is 0 Å². The molecule has 0 amide bonds. The fourth-order valence-corrected chi connectivity index (χ4v) is 1.45. The molecule has 84 valence electrons. The Morgan fingerprint density at radius 1 is 1.40 bits per heavy atom. The van der Waals surface area contributed by atoms with E-state index in [0.29, 0.717) is 0 Å². The minimum atomic E-state index is 0.784. The highest BCUT2D eigenvalue weighted by atomic mass is 16.5. The van der Waals surface area contributed by atoms with Crippen molar-refractivity contribution >= 4 is 5.69 Å². The van der Waals surface area contributed by atoms with Gasteiger partial charge in [0.1, 0.15) is 0 Å². The standard InChI is InChI=1S/C12H20N2O/c1-3-15-8-7-14(2)10-11-5-4-6-12(13)9-11/h4-6,9H,3,7-8,10,13H2,1-2H3. The molecule has 0 bridgehead atoms. The van der Waals surface area contributed by atoms with Crippen molar-refractivity contribution in [1.82, 2.24) is 4.90 Å². The number of likely N-dealkylation sites (N-methyl/N-ethyl adjacent to an activating group) is 1. The highest BCUT2D eigenvalue weighted by molar-refractivity contribution is 5.40. The molecular formula is C12H20N2O. The van der Waals surface area contributed by atoms with Crippen LogP contribution in [0.2, 0.25) is 0 Å². The van der Waals surface area contributed by atoms with Crippen LogP contribution in [0.25, 0.3) is 0 Å². The fraction of sp³-hybridized carbons (Fsp3) is 0.500. The Morgan fingerprint density at radius 3 is 2.87 bits per heavy atom.